The molecule has 2 N–H and O–H groups in total. The standard InChI is InChI=1S/C12H21N3O2/c1-13-11(16)9-4-7-15(8-5-9)12(17)10-3-2-6-14-10/h9-10,14H,2-8H2,1H3,(H,13,16)/t10-/m1/s1. The summed E-state index contributed by atoms with van der Waals surface area (Å²) in [6, 6.07) is 0.0200. The van der Waals surface area contributed by atoms with Crippen LogP contribution in [0.3, 0.4) is 0 Å². The van der Waals surface area contributed by atoms with Gasteiger partial charge < -0.3 is 15.5 Å². The van der Waals surface area contributed by atoms with Crippen molar-refractivity contribution in [2.24, 2.45) is 5.92 Å². The van der Waals surface area contributed by atoms with E-state index in [-0.39, 0.29) is 23.8 Å². The molecule has 0 spiro atoms. The molecule has 0 saturated carbocycles. The highest BCUT2D eigenvalue weighted by atomic mass is 16.2. The van der Waals surface area contributed by atoms with E-state index in [4.69, 9.17) is 0 Å². The van der Waals surface area contributed by atoms with Crippen LogP contribution in [0.1, 0.15) is 25.7 Å². The van der Waals surface area contributed by atoms with Gasteiger partial charge >= 0.3 is 0 Å². The zero-order valence-electron chi connectivity index (χ0n) is 10.4. The number of piperidine rings is 1. The minimum Gasteiger partial charge on any atom is -0.359 e. The van der Waals surface area contributed by atoms with E-state index in [0.29, 0.717) is 0 Å². The van der Waals surface area contributed by atoms with E-state index in [9.17, 15) is 9.59 Å². The van der Waals surface area contributed by atoms with Crippen LogP contribution in [0.2, 0.25) is 0 Å². The molecule has 0 aromatic rings. The fraction of sp³-hybridized carbons (Fsp3) is 0.833. The van der Waals surface area contributed by atoms with Crippen molar-refractivity contribution >= 4 is 11.8 Å². The second-order valence-corrected chi connectivity index (χ2v) is 4.86. The van der Waals surface area contributed by atoms with Crippen molar-refractivity contribution in [3.8, 4) is 0 Å². The molecule has 0 unspecified atom stereocenters. The molecular formula is C12H21N3O2. The summed E-state index contributed by atoms with van der Waals surface area (Å²) in [4.78, 5) is 25.5. The minimum absolute atomic E-state index is 0.0200. The summed E-state index contributed by atoms with van der Waals surface area (Å²) in [7, 11) is 1.67. The Morgan fingerprint density at radius 1 is 1.24 bits per heavy atom. The second kappa shape index (κ2) is 5.49. The average Bonchev–Trinajstić information content (AvgIpc) is 2.91. The smallest absolute Gasteiger partial charge is 0.239 e. The van der Waals surface area contributed by atoms with Gasteiger partial charge in [0.2, 0.25) is 11.8 Å². The Bertz CT molecular complexity index is 292. The Labute approximate surface area is 102 Å². The Morgan fingerprint density at radius 2 is 1.94 bits per heavy atom. The Kier molecular flexibility index (Phi) is 3.99. The van der Waals surface area contributed by atoms with Crippen LogP contribution >= 0.6 is 0 Å². The number of nitrogens with zero attached hydrogens (tertiary/aromatic N) is 1. The molecule has 0 aliphatic carbocycles. The summed E-state index contributed by atoms with van der Waals surface area (Å²) in [5, 5.41) is 5.91. The number of carbonyl (C=O) groups excluding carboxylic acids is 2. The van der Waals surface area contributed by atoms with Gasteiger partial charge in [0.25, 0.3) is 0 Å². The summed E-state index contributed by atoms with van der Waals surface area (Å²) in [5.41, 5.74) is 0. The SMILES string of the molecule is CNC(=O)C1CCN(C(=O)[C@H]2CCCN2)CC1. The number of carbonyl (C=O) groups is 2. The number of amides is 2. The van der Waals surface area contributed by atoms with Crippen molar-refractivity contribution in [2.75, 3.05) is 26.7 Å². The normalized spacial score (nSPS) is 25.9. The van der Waals surface area contributed by atoms with Crippen LogP contribution in [0, 0.1) is 5.92 Å². The highest BCUT2D eigenvalue weighted by Crippen LogP contribution is 2.19. The first-order valence-corrected chi connectivity index (χ1v) is 6.46. The lowest BCUT2D eigenvalue weighted by atomic mass is 9.95. The number of hydrogen-bond acceptors (Lipinski definition) is 3. The second-order valence-electron chi connectivity index (χ2n) is 4.86. The quantitative estimate of drug-likeness (QED) is 0.697. The fourth-order valence-electron chi connectivity index (χ4n) is 2.68. The van der Waals surface area contributed by atoms with Gasteiger partial charge in [0.1, 0.15) is 0 Å². The van der Waals surface area contributed by atoms with Gasteiger partial charge in [-0.2, -0.15) is 0 Å². The molecule has 2 amide bonds. The van der Waals surface area contributed by atoms with Crippen molar-refractivity contribution in [3.63, 3.8) is 0 Å². The van der Waals surface area contributed by atoms with E-state index in [2.05, 4.69) is 10.6 Å². The van der Waals surface area contributed by atoms with Crippen molar-refractivity contribution in [3.05, 3.63) is 0 Å². The van der Waals surface area contributed by atoms with Gasteiger partial charge in [-0.3, -0.25) is 9.59 Å². The molecule has 0 aromatic carbocycles. The van der Waals surface area contributed by atoms with E-state index < -0.39 is 0 Å². The summed E-state index contributed by atoms with van der Waals surface area (Å²) < 4.78 is 0. The van der Waals surface area contributed by atoms with Gasteiger partial charge in [0.15, 0.2) is 0 Å². The lowest BCUT2D eigenvalue weighted by Gasteiger charge is -2.32. The molecule has 96 valence electrons. The molecule has 1 atom stereocenters. The van der Waals surface area contributed by atoms with E-state index in [1.54, 1.807) is 7.05 Å². The first-order valence-electron chi connectivity index (χ1n) is 6.46. The molecule has 2 aliphatic rings. The fourth-order valence-corrected chi connectivity index (χ4v) is 2.68. The molecular weight excluding hydrogens is 218 g/mol. The average molecular weight is 239 g/mol. The molecule has 2 saturated heterocycles. The van der Waals surface area contributed by atoms with Crippen molar-refractivity contribution in [2.45, 2.75) is 31.7 Å². The van der Waals surface area contributed by atoms with Gasteiger partial charge in [0.05, 0.1) is 6.04 Å². The minimum atomic E-state index is 0.0200. The highest BCUT2D eigenvalue weighted by molar-refractivity contribution is 5.83. The first-order chi connectivity index (χ1) is 8.22. The number of nitrogens with one attached hydrogen (secondary N) is 2. The van der Waals surface area contributed by atoms with Crippen molar-refractivity contribution in [1.82, 2.24) is 15.5 Å². The monoisotopic (exact) mass is 239 g/mol. The number of rotatable bonds is 2. The predicted molar refractivity (Wildman–Crippen MR) is 64.4 cm³/mol. The van der Waals surface area contributed by atoms with Gasteiger partial charge in [0, 0.05) is 26.1 Å². The largest absolute Gasteiger partial charge is 0.359 e. The predicted octanol–water partition coefficient (Wildman–Crippen LogP) is -0.277. The lowest BCUT2D eigenvalue weighted by molar-refractivity contribution is -0.137. The molecule has 2 fully saturated rings. The van der Waals surface area contributed by atoms with Crippen LogP contribution in [0.15, 0.2) is 0 Å². The van der Waals surface area contributed by atoms with Gasteiger partial charge in [-0.15, -0.1) is 0 Å². The zero-order chi connectivity index (χ0) is 12.3. The maximum absolute atomic E-state index is 12.1. The molecule has 0 radical (unpaired) electrons. The summed E-state index contributed by atoms with van der Waals surface area (Å²) >= 11 is 0. The van der Waals surface area contributed by atoms with E-state index in [1.807, 2.05) is 4.90 Å². The van der Waals surface area contributed by atoms with Gasteiger partial charge in [-0.05, 0) is 32.2 Å². The zero-order valence-corrected chi connectivity index (χ0v) is 10.4. The summed E-state index contributed by atoms with van der Waals surface area (Å²) in [5.74, 6) is 0.412. The maximum atomic E-state index is 12.1. The van der Waals surface area contributed by atoms with Crippen LogP contribution in [0.4, 0.5) is 0 Å². The van der Waals surface area contributed by atoms with Crippen molar-refractivity contribution in [1.29, 1.82) is 0 Å². The summed E-state index contributed by atoms with van der Waals surface area (Å²) in [6.07, 6.45) is 3.62. The third-order valence-corrected chi connectivity index (χ3v) is 3.78. The van der Waals surface area contributed by atoms with Crippen LogP contribution in [0.25, 0.3) is 0 Å². The number of hydrogen-bond donors (Lipinski definition) is 2. The molecule has 0 aromatic heterocycles. The topological polar surface area (TPSA) is 61.4 Å². The molecule has 2 heterocycles. The first kappa shape index (κ1) is 12.4. The van der Waals surface area contributed by atoms with Crippen molar-refractivity contribution < 1.29 is 9.59 Å². The Balaban J connectivity index is 1.82. The van der Waals surface area contributed by atoms with E-state index >= 15 is 0 Å². The third-order valence-electron chi connectivity index (χ3n) is 3.78. The van der Waals surface area contributed by atoms with Crippen LogP contribution in [-0.2, 0) is 9.59 Å². The molecule has 2 aliphatic heterocycles. The van der Waals surface area contributed by atoms with E-state index in [0.717, 1.165) is 45.3 Å². The Morgan fingerprint density at radius 3 is 2.47 bits per heavy atom. The van der Waals surface area contributed by atoms with Crippen LogP contribution in [-0.4, -0.2) is 49.4 Å². The third kappa shape index (κ3) is 2.77. The molecule has 2 rings (SSSR count). The summed E-state index contributed by atoms with van der Waals surface area (Å²) in [6.45, 7) is 2.38. The Hall–Kier alpha value is -1.10. The maximum Gasteiger partial charge on any atom is 0.239 e. The molecule has 17 heavy (non-hydrogen) atoms. The molecule has 5 nitrogen and oxygen atoms in total. The highest BCUT2D eigenvalue weighted by Gasteiger charge is 2.31. The van der Waals surface area contributed by atoms with E-state index in [1.165, 1.54) is 0 Å². The van der Waals surface area contributed by atoms with Crippen LogP contribution in [0.5, 0.6) is 0 Å². The molecule has 0 bridgehead atoms. The van der Waals surface area contributed by atoms with Gasteiger partial charge in [-0.1, -0.05) is 0 Å². The van der Waals surface area contributed by atoms with Gasteiger partial charge in [-0.25, -0.2) is 0 Å². The lowest BCUT2D eigenvalue weighted by Crippen LogP contribution is -2.48. The number of likely N-dealkylation sites (tertiary alicyclic amines) is 1. The molecule has 5 heteroatoms. The van der Waals surface area contributed by atoms with Crippen LogP contribution < -0.4 is 10.6 Å².